The smallest absolute Gasteiger partial charge is 0.460 e. The molecular weight excluding hydrogens is 539 g/mol. The van der Waals surface area contributed by atoms with Crippen molar-refractivity contribution in [3.63, 3.8) is 0 Å². The molecule has 0 saturated heterocycles. The van der Waals surface area contributed by atoms with E-state index < -0.39 is 84.2 Å². The maximum atomic E-state index is 14.4. The molecule has 212 valence electrons. The molecule has 1 aliphatic carbocycles. The standard InChI is InChI=1S/C19H21F13O4/c1-4-35-11(33)13(12(34)36-5-2)6-9(3)10(7-13)8-14(20,21)15(22,23)16(24,25)17(26,27)18(28,29)19(30,31)32/h9-10H,4-8H2,1-3H3/t9-,10-/m0/s1. The SMILES string of the molecule is CCOC(=O)C1(C(=O)OCC)C[C@@H](CC(F)(F)C(F)(F)C(F)(F)C(F)(F)C(F)(F)C(F)(F)F)[C@@H](C)C1. The van der Waals surface area contributed by atoms with E-state index in [1.54, 1.807) is 0 Å². The third-order valence-corrected chi connectivity index (χ3v) is 5.94. The average Bonchev–Trinajstić information content (AvgIpc) is 3.03. The van der Waals surface area contributed by atoms with E-state index >= 15 is 0 Å². The van der Waals surface area contributed by atoms with E-state index in [0.29, 0.717) is 0 Å². The van der Waals surface area contributed by atoms with Crippen LogP contribution in [0.4, 0.5) is 57.1 Å². The molecule has 1 saturated carbocycles. The van der Waals surface area contributed by atoms with Crippen molar-refractivity contribution in [2.75, 3.05) is 13.2 Å². The number of ether oxygens (including phenoxy) is 2. The number of hydrogen-bond acceptors (Lipinski definition) is 4. The highest BCUT2D eigenvalue weighted by Crippen LogP contribution is 2.62. The zero-order valence-corrected chi connectivity index (χ0v) is 18.7. The zero-order valence-electron chi connectivity index (χ0n) is 18.7. The highest BCUT2D eigenvalue weighted by Gasteiger charge is 2.90. The van der Waals surface area contributed by atoms with Crippen LogP contribution in [-0.4, -0.2) is 60.9 Å². The van der Waals surface area contributed by atoms with Crippen molar-refractivity contribution in [3.8, 4) is 0 Å². The van der Waals surface area contributed by atoms with Crippen molar-refractivity contribution in [3.05, 3.63) is 0 Å². The first-order valence-corrected chi connectivity index (χ1v) is 10.2. The van der Waals surface area contributed by atoms with Gasteiger partial charge in [-0.1, -0.05) is 6.92 Å². The second-order valence-electron chi connectivity index (χ2n) is 8.37. The normalized spacial score (nSPS) is 21.9. The number of hydrogen-bond donors (Lipinski definition) is 0. The van der Waals surface area contributed by atoms with Crippen LogP contribution < -0.4 is 0 Å². The summed E-state index contributed by atoms with van der Waals surface area (Å²) in [7, 11) is 0. The topological polar surface area (TPSA) is 52.6 Å². The summed E-state index contributed by atoms with van der Waals surface area (Å²) in [6.45, 7) is 2.87. The molecule has 0 aliphatic heterocycles. The lowest BCUT2D eigenvalue weighted by molar-refractivity contribution is -0.440. The lowest BCUT2D eigenvalue weighted by Gasteiger charge is -2.40. The predicted molar refractivity (Wildman–Crippen MR) is 93.0 cm³/mol. The highest BCUT2D eigenvalue weighted by molar-refractivity contribution is 6.00. The van der Waals surface area contributed by atoms with E-state index in [2.05, 4.69) is 9.47 Å². The monoisotopic (exact) mass is 560 g/mol. The molecule has 0 aromatic heterocycles. The summed E-state index contributed by atoms with van der Waals surface area (Å²) in [5, 5.41) is 0. The Balaban J connectivity index is 3.42. The maximum absolute atomic E-state index is 14.4. The molecule has 1 rings (SSSR count). The molecule has 36 heavy (non-hydrogen) atoms. The van der Waals surface area contributed by atoms with Crippen molar-refractivity contribution < 1.29 is 76.1 Å². The minimum Gasteiger partial charge on any atom is -0.465 e. The first-order valence-electron chi connectivity index (χ1n) is 10.2. The molecule has 0 aromatic carbocycles. The Hall–Kier alpha value is -1.97. The Kier molecular flexibility index (Phi) is 8.66. The van der Waals surface area contributed by atoms with Gasteiger partial charge in [0, 0.05) is 6.42 Å². The first-order chi connectivity index (χ1) is 15.9. The minimum absolute atomic E-state index is 0.345. The zero-order chi connectivity index (χ0) is 28.8. The second kappa shape index (κ2) is 9.72. The fraction of sp³-hybridized carbons (Fsp3) is 0.895. The molecule has 0 N–H and O–H groups in total. The Morgan fingerprint density at radius 2 is 1.08 bits per heavy atom. The fourth-order valence-corrected chi connectivity index (χ4v) is 3.94. The van der Waals surface area contributed by atoms with Crippen LogP contribution in [0.15, 0.2) is 0 Å². The molecule has 0 radical (unpaired) electrons. The van der Waals surface area contributed by atoms with Crippen LogP contribution in [-0.2, 0) is 19.1 Å². The van der Waals surface area contributed by atoms with Gasteiger partial charge in [0.25, 0.3) is 0 Å². The molecule has 0 aromatic rings. The van der Waals surface area contributed by atoms with Gasteiger partial charge in [0.2, 0.25) is 0 Å². The van der Waals surface area contributed by atoms with Gasteiger partial charge >= 0.3 is 47.7 Å². The number of alkyl halides is 13. The van der Waals surface area contributed by atoms with Crippen molar-refractivity contribution >= 4 is 11.9 Å². The van der Waals surface area contributed by atoms with Crippen LogP contribution in [0.1, 0.15) is 40.0 Å². The molecular formula is C19H21F13O4. The number of rotatable bonds is 10. The summed E-state index contributed by atoms with van der Waals surface area (Å²) in [6.07, 6.45) is -11.7. The van der Waals surface area contributed by atoms with Crippen molar-refractivity contribution in [2.45, 2.75) is 75.8 Å². The van der Waals surface area contributed by atoms with Crippen LogP contribution in [0.3, 0.4) is 0 Å². The molecule has 0 spiro atoms. The van der Waals surface area contributed by atoms with E-state index in [9.17, 15) is 66.7 Å². The molecule has 0 amide bonds. The molecule has 4 nitrogen and oxygen atoms in total. The third kappa shape index (κ3) is 4.82. The maximum Gasteiger partial charge on any atom is 0.460 e. The van der Waals surface area contributed by atoms with Crippen LogP contribution in [0.2, 0.25) is 0 Å². The second-order valence-corrected chi connectivity index (χ2v) is 8.37. The largest absolute Gasteiger partial charge is 0.465 e. The summed E-state index contributed by atoms with van der Waals surface area (Å²) in [4.78, 5) is 24.7. The van der Waals surface area contributed by atoms with E-state index in [-0.39, 0.29) is 13.2 Å². The molecule has 1 aliphatic rings. The number of esters is 2. The average molecular weight is 560 g/mol. The Morgan fingerprint density at radius 3 is 1.44 bits per heavy atom. The molecule has 1 fully saturated rings. The Morgan fingerprint density at radius 1 is 0.694 bits per heavy atom. The van der Waals surface area contributed by atoms with Crippen LogP contribution in [0.25, 0.3) is 0 Å². The van der Waals surface area contributed by atoms with Crippen LogP contribution >= 0.6 is 0 Å². The molecule has 0 unspecified atom stereocenters. The van der Waals surface area contributed by atoms with Gasteiger partial charge in [-0.3, -0.25) is 9.59 Å². The van der Waals surface area contributed by atoms with Gasteiger partial charge in [0.05, 0.1) is 13.2 Å². The summed E-state index contributed by atoms with van der Waals surface area (Å²) >= 11 is 0. The van der Waals surface area contributed by atoms with Gasteiger partial charge in [-0.2, -0.15) is 57.1 Å². The van der Waals surface area contributed by atoms with Gasteiger partial charge < -0.3 is 9.47 Å². The summed E-state index contributed by atoms with van der Waals surface area (Å²) in [5.74, 6) is -43.4. The van der Waals surface area contributed by atoms with Gasteiger partial charge in [-0.15, -0.1) is 0 Å². The lowest BCUT2D eigenvalue weighted by Crippen LogP contribution is -2.70. The van der Waals surface area contributed by atoms with Gasteiger partial charge in [0.15, 0.2) is 5.41 Å². The van der Waals surface area contributed by atoms with Gasteiger partial charge in [-0.25, -0.2) is 0 Å². The summed E-state index contributed by atoms with van der Waals surface area (Å²) < 4.78 is 183. The van der Waals surface area contributed by atoms with Crippen LogP contribution in [0.5, 0.6) is 0 Å². The Labute approximate surface area is 195 Å². The minimum atomic E-state index is -7.99. The van der Waals surface area contributed by atoms with Crippen molar-refractivity contribution in [2.24, 2.45) is 17.3 Å². The fourth-order valence-electron chi connectivity index (χ4n) is 3.94. The van der Waals surface area contributed by atoms with E-state index in [1.165, 1.54) is 13.8 Å². The number of carbonyl (C=O) groups is 2. The lowest BCUT2D eigenvalue weighted by atomic mass is 9.83. The highest BCUT2D eigenvalue weighted by atomic mass is 19.4. The van der Waals surface area contributed by atoms with E-state index in [0.717, 1.165) is 6.92 Å². The summed E-state index contributed by atoms with van der Waals surface area (Å²) in [5.41, 5.74) is -2.36. The molecule has 0 heterocycles. The van der Waals surface area contributed by atoms with Gasteiger partial charge in [-0.05, 0) is 38.5 Å². The van der Waals surface area contributed by atoms with E-state index in [4.69, 9.17) is 0 Å². The quantitative estimate of drug-likeness (QED) is 0.180. The number of carbonyl (C=O) groups excluding carboxylic acids is 2. The summed E-state index contributed by atoms with van der Waals surface area (Å²) in [6, 6.07) is 0. The Bertz CT molecular complexity index is 805. The third-order valence-electron chi connectivity index (χ3n) is 5.94. The first kappa shape index (κ1) is 32.1. The molecule has 17 heteroatoms. The molecule has 0 bridgehead atoms. The van der Waals surface area contributed by atoms with Crippen molar-refractivity contribution in [1.29, 1.82) is 0 Å². The molecule has 2 atom stereocenters. The predicted octanol–water partition coefficient (Wildman–Crippen LogP) is 6.27. The van der Waals surface area contributed by atoms with Crippen LogP contribution in [0, 0.1) is 17.3 Å². The van der Waals surface area contributed by atoms with E-state index in [1.807, 2.05) is 0 Å². The van der Waals surface area contributed by atoms with Crippen molar-refractivity contribution in [1.82, 2.24) is 0 Å². The number of halogens is 13. The van der Waals surface area contributed by atoms with Gasteiger partial charge in [0.1, 0.15) is 0 Å².